The van der Waals surface area contributed by atoms with E-state index in [1.807, 2.05) is 25.4 Å². The van der Waals surface area contributed by atoms with Crippen LogP contribution < -0.4 is 5.32 Å². The van der Waals surface area contributed by atoms with Crippen molar-refractivity contribution in [3.05, 3.63) is 30.2 Å². The summed E-state index contributed by atoms with van der Waals surface area (Å²) < 4.78 is 5.26. The third-order valence-electron chi connectivity index (χ3n) is 2.26. The minimum atomic E-state index is 0.307. The molecule has 0 aliphatic heterocycles. The highest BCUT2D eigenvalue weighted by Gasteiger charge is 2.05. The summed E-state index contributed by atoms with van der Waals surface area (Å²) in [6.45, 7) is 2.09. The average Bonchev–Trinajstić information content (AvgIpc) is 2.63. The lowest BCUT2D eigenvalue weighted by molar-refractivity contribution is 0.609. The van der Waals surface area contributed by atoms with Gasteiger partial charge in [0.05, 0.1) is 6.26 Å². The molecule has 1 atom stereocenters. The minimum absolute atomic E-state index is 0.307. The monoisotopic (exact) mass is 176 g/mol. The molecule has 68 valence electrons. The van der Waals surface area contributed by atoms with Crippen LogP contribution in [0.4, 0.5) is 0 Å². The van der Waals surface area contributed by atoms with Gasteiger partial charge in [-0.3, -0.25) is 4.98 Å². The van der Waals surface area contributed by atoms with Crippen molar-refractivity contribution < 1.29 is 4.42 Å². The summed E-state index contributed by atoms with van der Waals surface area (Å²) in [7, 11) is 1.93. The SMILES string of the molecule is CN[C@@H](C)c1cnc2ccoc2c1. The molecule has 0 aliphatic carbocycles. The molecule has 1 N–H and O–H groups in total. The van der Waals surface area contributed by atoms with E-state index in [2.05, 4.69) is 17.2 Å². The predicted molar refractivity (Wildman–Crippen MR) is 51.5 cm³/mol. The van der Waals surface area contributed by atoms with Gasteiger partial charge >= 0.3 is 0 Å². The molecular formula is C10H12N2O. The van der Waals surface area contributed by atoms with Crippen LogP contribution >= 0.6 is 0 Å². The maximum Gasteiger partial charge on any atom is 0.152 e. The number of nitrogens with one attached hydrogen (secondary N) is 1. The lowest BCUT2D eigenvalue weighted by atomic mass is 10.1. The third kappa shape index (κ3) is 1.42. The number of aromatic nitrogens is 1. The van der Waals surface area contributed by atoms with Gasteiger partial charge in [0.1, 0.15) is 5.52 Å². The molecule has 0 fully saturated rings. The maximum absolute atomic E-state index is 5.26. The second kappa shape index (κ2) is 3.18. The number of nitrogens with zero attached hydrogens (tertiary/aromatic N) is 1. The second-order valence-corrected chi connectivity index (χ2v) is 3.08. The van der Waals surface area contributed by atoms with Gasteiger partial charge in [-0.15, -0.1) is 0 Å². The van der Waals surface area contributed by atoms with E-state index in [1.54, 1.807) is 6.26 Å². The summed E-state index contributed by atoms with van der Waals surface area (Å²) in [6, 6.07) is 4.19. The van der Waals surface area contributed by atoms with E-state index in [0.29, 0.717) is 6.04 Å². The summed E-state index contributed by atoms with van der Waals surface area (Å²) in [4.78, 5) is 4.28. The van der Waals surface area contributed by atoms with E-state index in [9.17, 15) is 0 Å². The summed E-state index contributed by atoms with van der Waals surface area (Å²) in [5, 5.41) is 3.16. The summed E-state index contributed by atoms with van der Waals surface area (Å²) in [5.74, 6) is 0. The van der Waals surface area contributed by atoms with Crippen LogP contribution in [0, 0.1) is 0 Å². The molecule has 0 saturated carbocycles. The molecule has 2 rings (SSSR count). The minimum Gasteiger partial charge on any atom is -0.463 e. The Morgan fingerprint density at radius 1 is 1.54 bits per heavy atom. The van der Waals surface area contributed by atoms with Gasteiger partial charge in [0.15, 0.2) is 5.58 Å². The summed E-state index contributed by atoms with van der Waals surface area (Å²) >= 11 is 0. The van der Waals surface area contributed by atoms with Crippen molar-refractivity contribution in [1.29, 1.82) is 0 Å². The van der Waals surface area contributed by atoms with Crippen LogP contribution in [0.25, 0.3) is 11.1 Å². The van der Waals surface area contributed by atoms with Crippen molar-refractivity contribution >= 4 is 11.1 Å². The van der Waals surface area contributed by atoms with E-state index in [-0.39, 0.29) is 0 Å². The Morgan fingerprint density at radius 2 is 2.38 bits per heavy atom. The predicted octanol–water partition coefficient (Wildman–Crippen LogP) is 2.11. The van der Waals surface area contributed by atoms with Crippen LogP contribution in [0.2, 0.25) is 0 Å². The Kier molecular flexibility index (Phi) is 2.02. The smallest absolute Gasteiger partial charge is 0.152 e. The number of hydrogen-bond acceptors (Lipinski definition) is 3. The van der Waals surface area contributed by atoms with Gasteiger partial charge in [-0.05, 0) is 25.6 Å². The number of rotatable bonds is 2. The highest BCUT2D eigenvalue weighted by atomic mass is 16.3. The van der Waals surface area contributed by atoms with Crippen LogP contribution in [0.5, 0.6) is 0 Å². The fourth-order valence-corrected chi connectivity index (χ4v) is 1.27. The number of fused-ring (bicyclic) bond motifs is 1. The van der Waals surface area contributed by atoms with Gasteiger partial charge in [-0.25, -0.2) is 0 Å². The lowest BCUT2D eigenvalue weighted by Gasteiger charge is -2.08. The summed E-state index contributed by atoms with van der Waals surface area (Å²) in [6.07, 6.45) is 3.53. The Balaban J connectivity index is 2.48. The molecule has 13 heavy (non-hydrogen) atoms. The van der Waals surface area contributed by atoms with Crippen LogP contribution in [0.3, 0.4) is 0 Å². The van der Waals surface area contributed by atoms with E-state index < -0.39 is 0 Å². The number of pyridine rings is 1. The normalized spacial score (nSPS) is 13.4. The number of hydrogen-bond donors (Lipinski definition) is 1. The molecule has 3 heteroatoms. The molecule has 0 amide bonds. The average molecular weight is 176 g/mol. The molecule has 0 bridgehead atoms. The zero-order valence-electron chi connectivity index (χ0n) is 7.74. The van der Waals surface area contributed by atoms with Gasteiger partial charge in [0.2, 0.25) is 0 Å². The van der Waals surface area contributed by atoms with Gasteiger partial charge < -0.3 is 9.73 Å². The zero-order valence-corrected chi connectivity index (χ0v) is 7.74. The van der Waals surface area contributed by atoms with Crippen LogP contribution in [-0.4, -0.2) is 12.0 Å². The fraction of sp³-hybridized carbons (Fsp3) is 0.300. The van der Waals surface area contributed by atoms with Crippen molar-refractivity contribution in [1.82, 2.24) is 10.3 Å². The highest BCUT2D eigenvalue weighted by molar-refractivity contribution is 5.72. The first-order chi connectivity index (χ1) is 6.31. The quantitative estimate of drug-likeness (QED) is 0.761. The molecule has 0 spiro atoms. The molecule has 2 heterocycles. The largest absolute Gasteiger partial charge is 0.463 e. The maximum atomic E-state index is 5.26. The van der Waals surface area contributed by atoms with Crippen molar-refractivity contribution in [2.45, 2.75) is 13.0 Å². The first-order valence-corrected chi connectivity index (χ1v) is 4.31. The van der Waals surface area contributed by atoms with E-state index in [1.165, 1.54) is 0 Å². The Morgan fingerprint density at radius 3 is 3.15 bits per heavy atom. The summed E-state index contributed by atoms with van der Waals surface area (Å²) in [5.41, 5.74) is 2.90. The van der Waals surface area contributed by atoms with Crippen LogP contribution in [0.15, 0.2) is 29.0 Å². The van der Waals surface area contributed by atoms with Crippen molar-refractivity contribution in [3.63, 3.8) is 0 Å². The Labute approximate surface area is 76.8 Å². The standard InChI is InChI=1S/C10H12N2O/c1-7(11-2)8-5-10-9(12-6-8)3-4-13-10/h3-7,11H,1-2H3/t7-/m0/s1. The zero-order chi connectivity index (χ0) is 9.26. The van der Waals surface area contributed by atoms with Crippen LogP contribution in [0.1, 0.15) is 18.5 Å². The van der Waals surface area contributed by atoms with Gasteiger partial charge in [0.25, 0.3) is 0 Å². The van der Waals surface area contributed by atoms with E-state index in [0.717, 1.165) is 16.7 Å². The molecular weight excluding hydrogens is 164 g/mol. The van der Waals surface area contributed by atoms with Crippen molar-refractivity contribution in [2.75, 3.05) is 7.05 Å². The molecule has 0 radical (unpaired) electrons. The first-order valence-electron chi connectivity index (χ1n) is 4.31. The Hall–Kier alpha value is -1.35. The van der Waals surface area contributed by atoms with Crippen molar-refractivity contribution in [3.8, 4) is 0 Å². The van der Waals surface area contributed by atoms with E-state index in [4.69, 9.17) is 4.42 Å². The molecule has 0 aliphatic rings. The van der Waals surface area contributed by atoms with E-state index >= 15 is 0 Å². The second-order valence-electron chi connectivity index (χ2n) is 3.08. The fourth-order valence-electron chi connectivity index (χ4n) is 1.27. The topological polar surface area (TPSA) is 38.1 Å². The lowest BCUT2D eigenvalue weighted by Crippen LogP contribution is -2.12. The Bertz CT molecular complexity index is 408. The molecule has 0 saturated heterocycles. The van der Waals surface area contributed by atoms with Crippen LogP contribution in [-0.2, 0) is 0 Å². The first kappa shape index (κ1) is 8.26. The van der Waals surface area contributed by atoms with Gasteiger partial charge in [-0.1, -0.05) is 0 Å². The molecule has 0 unspecified atom stereocenters. The highest BCUT2D eigenvalue weighted by Crippen LogP contribution is 2.18. The molecule has 3 nitrogen and oxygen atoms in total. The molecule has 2 aromatic rings. The number of furan rings is 1. The van der Waals surface area contributed by atoms with Gasteiger partial charge in [-0.2, -0.15) is 0 Å². The molecule has 0 aromatic carbocycles. The third-order valence-corrected chi connectivity index (χ3v) is 2.26. The van der Waals surface area contributed by atoms with Crippen molar-refractivity contribution in [2.24, 2.45) is 0 Å². The van der Waals surface area contributed by atoms with Gasteiger partial charge in [0, 0.05) is 18.3 Å². The molecule has 2 aromatic heterocycles.